The summed E-state index contributed by atoms with van der Waals surface area (Å²) >= 11 is 0. The summed E-state index contributed by atoms with van der Waals surface area (Å²) < 4.78 is 5.94. The molecule has 0 heterocycles. The smallest absolute Gasteiger partial charge is 0.126 e. The van der Waals surface area contributed by atoms with E-state index in [0.717, 1.165) is 41.9 Å². The van der Waals surface area contributed by atoms with Gasteiger partial charge in [0.05, 0.1) is 6.61 Å². The first-order chi connectivity index (χ1) is 8.01. The third-order valence-electron chi connectivity index (χ3n) is 3.01. The van der Waals surface area contributed by atoms with Gasteiger partial charge in [-0.2, -0.15) is 0 Å². The molecule has 96 valence electrons. The van der Waals surface area contributed by atoms with Gasteiger partial charge in [-0.05, 0) is 42.9 Å². The van der Waals surface area contributed by atoms with Gasteiger partial charge in [0.25, 0.3) is 0 Å². The molecular weight excluding hydrogens is 212 g/mol. The predicted octanol–water partition coefficient (Wildman–Crippen LogP) is 3.86. The fourth-order valence-electron chi connectivity index (χ4n) is 1.98. The summed E-state index contributed by atoms with van der Waals surface area (Å²) in [7, 11) is 0. The van der Waals surface area contributed by atoms with Crippen LogP contribution in [0.25, 0.3) is 0 Å². The van der Waals surface area contributed by atoms with E-state index in [1.807, 2.05) is 13.0 Å². The summed E-state index contributed by atoms with van der Waals surface area (Å²) in [6.45, 7) is 11.2. The molecule has 1 rings (SSSR count). The molecule has 0 atom stereocenters. The van der Waals surface area contributed by atoms with E-state index in [2.05, 4.69) is 27.7 Å². The van der Waals surface area contributed by atoms with Crippen LogP contribution in [-0.2, 0) is 12.8 Å². The lowest BCUT2D eigenvalue weighted by Gasteiger charge is -2.19. The van der Waals surface area contributed by atoms with Gasteiger partial charge in [0, 0.05) is 5.56 Å². The van der Waals surface area contributed by atoms with Crippen molar-refractivity contribution in [2.75, 3.05) is 6.61 Å². The van der Waals surface area contributed by atoms with Gasteiger partial charge < -0.3 is 9.84 Å². The van der Waals surface area contributed by atoms with Crippen LogP contribution in [0.1, 0.15) is 44.4 Å². The van der Waals surface area contributed by atoms with Gasteiger partial charge in [-0.3, -0.25) is 0 Å². The molecule has 0 aliphatic rings. The Labute approximate surface area is 105 Å². The van der Waals surface area contributed by atoms with E-state index in [9.17, 15) is 5.11 Å². The normalized spacial score (nSPS) is 10.9. The van der Waals surface area contributed by atoms with Gasteiger partial charge in [0.15, 0.2) is 0 Å². The van der Waals surface area contributed by atoms with Crippen molar-refractivity contribution in [3.8, 4) is 11.5 Å². The Morgan fingerprint density at radius 1 is 1.24 bits per heavy atom. The van der Waals surface area contributed by atoms with Crippen molar-refractivity contribution in [1.82, 2.24) is 0 Å². The number of aromatic hydroxyl groups is 1. The highest BCUT2D eigenvalue weighted by molar-refractivity contribution is 5.52. The first-order valence-electron chi connectivity index (χ1n) is 6.48. The summed E-state index contributed by atoms with van der Waals surface area (Å²) in [5, 5.41) is 9.89. The SMILES string of the molecule is CCc1cc(O)c(C)c(CC)c1OCC(C)C. The van der Waals surface area contributed by atoms with Crippen LogP contribution in [0.3, 0.4) is 0 Å². The summed E-state index contributed by atoms with van der Waals surface area (Å²) in [5.74, 6) is 1.88. The zero-order chi connectivity index (χ0) is 13.0. The fourth-order valence-corrected chi connectivity index (χ4v) is 1.98. The van der Waals surface area contributed by atoms with Crippen molar-refractivity contribution in [2.24, 2.45) is 5.92 Å². The molecule has 0 aromatic heterocycles. The third kappa shape index (κ3) is 3.15. The number of ether oxygens (including phenoxy) is 1. The Bertz CT molecular complexity index is 381. The minimum atomic E-state index is 0.385. The lowest BCUT2D eigenvalue weighted by atomic mass is 9.98. The highest BCUT2D eigenvalue weighted by atomic mass is 16.5. The van der Waals surface area contributed by atoms with Gasteiger partial charge in [-0.15, -0.1) is 0 Å². The van der Waals surface area contributed by atoms with Gasteiger partial charge in [-0.25, -0.2) is 0 Å². The highest BCUT2D eigenvalue weighted by Crippen LogP contribution is 2.34. The molecule has 0 amide bonds. The van der Waals surface area contributed by atoms with Crippen molar-refractivity contribution in [2.45, 2.75) is 47.5 Å². The molecule has 1 aromatic carbocycles. The number of aryl methyl sites for hydroxylation is 1. The molecule has 0 spiro atoms. The van der Waals surface area contributed by atoms with E-state index in [4.69, 9.17) is 4.74 Å². The molecule has 17 heavy (non-hydrogen) atoms. The zero-order valence-electron chi connectivity index (χ0n) is 11.6. The van der Waals surface area contributed by atoms with E-state index < -0.39 is 0 Å². The largest absolute Gasteiger partial charge is 0.508 e. The van der Waals surface area contributed by atoms with Crippen LogP contribution in [0.4, 0.5) is 0 Å². The Hall–Kier alpha value is -1.18. The molecule has 0 unspecified atom stereocenters. The summed E-state index contributed by atoms with van der Waals surface area (Å²) in [5.41, 5.74) is 3.19. The molecule has 0 radical (unpaired) electrons. The van der Waals surface area contributed by atoms with Gasteiger partial charge >= 0.3 is 0 Å². The average molecular weight is 236 g/mol. The Balaban J connectivity index is 3.18. The number of hydrogen-bond donors (Lipinski definition) is 1. The molecule has 2 heteroatoms. The third-order valence-corrected chi connectivity index (χ3v) is 3.01. The lowest BCUT2D eigenvalue weighted by molar-refractivity contribution is 0.265. The topological polar surface area (TPSA) is 29.5 Å². The first kappa shape index (κ1) is 13.9. The molecule has 1 aromatic rings. The quantitative estimate of drug-likeness (QED) is 0.841. The monoisotopic (exact) mass is 236 g/mol. The summed E-state index contributed by atoms with van der Waals surface area (Å²) in [6.07, 6.45) is 1.77. The lowest BCUT2D eigenvalue weighted by Crippen LogP contribution is -2.09. The van der Waals surface area contributed by atoms with E-state index in [1.165, 1.54) is 0 Å². The number of phenols is 1. The average Bonchev–Trinajstić information content (AvgIpc) is 2.29. The number of rotatable bonds is 5. The zero-order valence-corrected chi connectivity index (χ0v) is 11.6. The second-order valence-corrected chi connectivity index (χ2v) is 4.90. The van der Waals surface area contributed by atoms with E-state index in [-0.39, 0.29) is 0 Å². The maximum absolute atomic E-state index is 9.89. The maximum atomic E-state index is 9.89. The maximum Gasteiger partial charge on any atom is 0.126 e. The Morgan fingerprint density at radius 2 is 1.88 bits per heavy atom. The van der Waals surface area contributed by atoms with Crippen LogP contribution in [0, 0.1) is 12.8 Å². The number of benzene rings is 1. The van der Waals surface area contributed by atoms with Crippen LogP contribution in [0.2, 0.25) is 0 Å². The molecule has 0 fully saturated rings. The van der Waals surface area contributed by atoms with Crippen LogP contribution in [0.15, 0.2) is 6.07 Å². The van der Waals surface area contributed by atoms with E-state index in [1.54, 1.807) is 0 Å². The van der Waals surface area contributed by atoms with Crippen molar-refractivity contribution in [3.63, 3.8) is 0 Å². The van der Waals surface area contributed by atoms with Crippen molar-refractivity contribution < 1.29 is 9.84 Å². The van der Waals surface area contributed by atoms with Crippen molar-refractivity contribution in [1.29, 1.82) is 0 Å². The van der Waals surface area contributed by atoms with E-state index in [0.29, 0.717) is 11.7 Å². The fraction of sp³-hybridized carbons (Fsp3) is 0.600. The van der Waals surface area contributed by atoms with Gasteiger partial charge in [0.2, 0.25) is 0 Å². The Morgan fingerprint density at radius 3 is 2.35 bits per heavy atom. The van der Waals surface area contributed by atoms with Crippen LogP contribution in [-0.4, -0.2) is 11.7 Å². The Kier molecular flexibility index (Phi) is 4.86. The minimum Gasteiger partial charge on any atom is -0.508 e. The predicted molar refractivity (Wildman–Crippen MR) is 71.9 cm³/mol. The van der Waals surface area contributed by atoms with E-state index >= 15 is 0 Å². The highest BCUT2D eigenvalue weighted by Gasteiger charge is 2.14. The molecule has 0 aliphatic heterocycles. The molecule has 0 saturated heterocycles. The molecule has 0 saturated carbocycles. The molecule has 0 bridgehead atoms. The standard InChI is InChI=1S/C15H24O2/c1-6-12-8-14(16)11(5)13(7-2)15(12)17-9-10(3)4/h8,10,16H,6-7,9H2,1-5H3. The van der Waals surface area contributed by atoms with Gasteiger partial charge in [0.1, 0.15) is 11.5 Å². The molecule has 2 nitrogen and oxygen atoms in total. The summed E-state index contributed by atoms with van der Waals surface area (Å²) in [4.78, 5) is 0. The minimum absolute atomic E-state index is 0.385. The van der Waals surface area contributed by atoms with Crippen LogP contribution in [0.5, 0.6) is 11.5 Å². The second-order valence-electron chi connectivity index (χ2n) is 4.90. The molecular formula is C15H24O2. The molecule has 0 aliphatic carbocycles. The van der Waals surface area contributed by atoms with Gasteiger partial charge in [-0.1, -0.05) is 27.7 Å². The number of hydrogen-bond acceptors (Lipinski definition) is 2. The number of phenolic OH excluding ortho intramolecular Hbond substituents is 1. The van der Waals surface area contributed by atoms with Crippen LogP contribution >= 0.6 is 0 Å². The first-order valence-corrected chi connectivity index (χ1v) is 6.48. The van der Waals surface area contributed by atoms with Crippen molar-refractivity contribution in [3.05, 3.63) is 22.8 Å². The summed E-state index contributed by atoms with van der Waals surface area (Å²) in [6, 6.07) is 1.84. The molecule has 1 N–H and O–H groups in total. The second kappa shape index (κ2) is 5.95. The van der Waals surface area contributed by atoms with Crippen LogP contribution < -0.4 is 4.74 Å². The van der Waals surface area contributed by atoms with Crippen molar-refractivity contribution >= 4 is 0 Å².